The normalized spacial score (nSPS) is 11.2. The zero-order valence-electron chi connectivity index (χ0n) is 16.3. The molecule has 146 valence electrons. The third-order valence-electron chi connectivity index (χ3n) is 4.74. The van der Waals surface area contributed by atoms with Gasteiger partial charge in [0.05, 0.1) is 0 Å². The fourth-order valence-electron chi connectivity index (χ4n) is 3.19. The Hall–Kier alpha value is -3.49. The van der Waals surface area contributed by atoms with Crippen LogP contribution in [0.1, 0.15) is 22.5 Å². The number of rotatable bonds is 4. The highest BCUT2D eigenvalue weighted by Gasteiger charge is 2.15. The van der Waals surface area contributed by atoms with E-state index in [2.05, 4.69) is 9.88 Å². The number of halogens is 1. The number of nitrogens with zero attached hydrogens (tertiary/aromatic N) is 2. The molecule has 0 atom stereocenters. The minimum atomic E-state index is -0.512. The number of carbonyl (C=O) groups is 1. The Morgan fingerprint density at radius 1 is 1.17 bits per heavy atom. The van der Waals surface area contributed by atoms with Crippen molar-refractivity contribution in [3.8, 4) is 17.5 Å². The van der Waals surface area contributed by atoms with Gasteiger partial charge in [0.15, 0.2) is 0 Å². The Labute approximate surface area is 174 Å². The molecule has 2 aromatic carbocycles. The molecule has 0 radical (unpaired) electrons. The molecular formula is C23H20ClN3O2. The molecule has 3 rings (SSSR count). The maximum atomic E-state index is 12.5. The van der Waals surface area contributed by atoms with Crippen LogP contribution in [0.2, 0.25) is 5.02 Å². The first-order valence-electron chi connectivity index (χ1n) is 8.98. The summed E-state index contributed by atoms with van der Waals surface area (Å²) in [6.07, 6.45) is 1.58. The first-order valence-corrected chi connectivity index (χ1v) is 9.36. The number of aromatic nitrogens is 1. The van der Waals surface area contributed by atoms with Gasteiger partial charge in [0.1, 0.15) is 17.4 Å². The second-order valence-corrected chi connectivity index (χ2v) is 7.12. The Kier molecular flexibility index (Phi) is 5.76. The van der Waals surface area contributed by atoms with Gasteiger partial charge >= 0.3 is 0 Å². The predicted octanol–water partition coefficient (Wildman–Crippen LogP) is 5.31. The van der Waals surface area contributed by atoms with Crippen molar-refractivity contribution < 1.29 is 9.90 Å². The molecule has 0 bridgehead atoms. The molecule has 0 aliphatic heterocycles. The number of hydrogen-bond acceptors (Lipinski definition) is 3. The van der Waals surface area contributed by atoms with E-state index in [4.69, 9.17) is 11.6 Å². The molecule has 0 unspecified atom stereocenters. The second kappa shape index (κ2) is 8.26. The highest BCUT2D eigenvalue weighted by molar-refractivity contribution is 6.31. The molecule has 0 saturated carbocycles. The van der Waals surface area contributed by atoms with Gasteiger partial charge in [0, 0.05) is 27.8 Å². The van der Waals surface area contributed by atoms with Crippen molar-refractivity contribution in [1.82, 2.24) is 4.57 Å². The average Bonchev–Trinajstić information content (AvgIpc) is 2.97. The number of hydrogen-bond donors (Lipinski definition) is 2. The van der Waals surface area contributed by atoms with Crippen LogP contribution < -0.4 is 5.32 Å². The number of nitriles is 1. The van der Waals surface area contributed by atoms with Gasteiger partial charge in [-0.2, -0.15) is 5.26 Å². The van der Waals surface area contributed by atoms with E-state index in [1.165, 1.54) is 12.1 Å². The standard InChI is InChI=1S/C23H20ClN3O2/c1-14-11-17(16(3)27(14)22-6-4-5-21(24)15(22)2)12-18(13-25)23(29)26-19-7-9-20(28)10-8-19/h4-12,28H,1-3H3,(H,26,29). The van der Waals surface area contributed by atoms with E-state index in [-0.39, 0.29) is 11.3 Å². The molecule has 0 aliphatic rings. The van der Waals surface area contributed by atoms with Crippen LogP contribution in [-0.4, -0.2) is 15.6 Å². The van der Waals surface area contributed by atoms with Gasteiger partial charge in [-0.05, 0) is 80.4 Å². The van der Waals surface area contributed by atoms with Gasteiger partial charge < -0.3 is 15.0 Å². The first kappa shape index (κ1) is 20.2. The highest BCUT2D eigenvalue weighted by atomic mass is 35.5. The van der Waals surface area contributed by atoms with Crippen molar-refractivity contribution in [2.75, 3.05) is 5.32 Å². The largest absolute Gasteiger partial charge is 0.508 e. The summed E-state index contributed by atoms with van der Waals surface area (Å²) in [5.41, 5.74) is 5.04. The Balaban J connectivity index is 1.96. The van der Waals surface area contributed by atoms with Gasteiger partial charge in [-0.25, -0.2) is 0 Å². The van der Waals surface area contributed by atoms with E-state index >= 15 is 0 Å². The maximum Gasteiger partial charge on any atom is 0.266 e. The van der Waals surface area contributed by atoms with Gasteiger partial charge in [0.2, 0.25) is 0 Å². The lowest BCUT2D eigenvalue weighted by Gasteiger charge is -2.13. The van der Waals surface area contributed by atoms with E-state index in [1.807, 2.05) is 51.1 Å². The van der Waals surface area contributed by atoms with Crippen LogP contribution in [0.25, 0.3) is 11.8 Å². The Bertz CT molecular complexity index is 1150. The predicted molar refractivity (Wildman–Crippen MR) is 115 cm³/mol. The lowest BCUT2D eigenvalue weighted by atomic mass is 10.1. The summed E-state index contributed by atoms with van der Waals surface area (Å²) in [6.45, 7) is 5.86. The van der Waals surface area contributed by atoms with E-state index in [0.717, 1.165) is 28.2 Å². The smallest absolute Gasteiger partial charge is 0.266 e. The van der Waals surface area contributed by atoms with E-state index in [9.17, 15) is 15.2 Å². The number of amides is 1. The third-order valence-corrected chi connectivity index (χ3v) is 5.15. The topological polar surface area (TPSA) is 78.0 Å². The molecule has 29 heavy (non-hydrogen) atoms. The fraction of sp³-hybridized carbons (Fsp3) is 0.130. The number of aryl methyl sites for hydroxylation is 1. The summed E-state index contributed by atoms with van der Waals surface area (Å²) < 4.78 is 2.06. The molecule has 0 spiro atoms. The molecule has 0 saturated heterocycles. The number of carbonyl (C=O) groups excluding carboxylic acids is 1. The van der Waals surface area contributed by atoms with Crippen LogP contribution in [0.5, 0.6) is 5.75 Å². The zero-order chi connectivity index (χ0) is 21.1. The summed E-state index contributed by atoms with van der Waals surface area (Å²) in [5.74, 6) is -0.412. The van der Waals surface area contributed by atoms with Gasteiger partial charge in [-0.1, -0.05) is 17.7 Å². The minimum Gasteiger partial charge on any atom is -0.508 e. The Morgan fingerprint density at radius 3 is 2.52 bits per heavy atom. The van der Waals surface area contributed by atoms with Crippen molar-refractivity contribution in [1.29, 1.82) is 5.26 Å². The molecule has 5 nitrogen and oxygen atoms in total. The van der Waals surface area contributed by atoms with Crippen molar-refractivity contribution in [3.05, 3.63) is 81.6 Å². The van der Waals surface area contributed by atoms with Crippen LogP contribution in [0.4, 0.5) is 5.69 Å². The number of phenols is 1. The summed E-state index contributed by atoms with van der Waals surface area (Å²) in [7, 11) is 0. The number of benzene rings is 2. The summed E-state index contributed by atoms with van der Waals surface area (Å²) in [4.78, 5) is 12.5. The van der Waals surface area contributed by atoms with E-state index in [1.54, 1.807) is 18.2 Å². The lowest BCUT2D eigenvalue weighted by molar-refractivity contribution is -0.112. The maximum absolute atomic E-state index is 12.5. The van der Waals surface area contributed by atoms with Crippen LogP contribution in [0.15, 0.2) is 54.1 Å². The molecule has 0 aliphatic carbocycles. The van der Waals surface area contributed by atoms with Gasteiger partial charge in [-0.15, -0.1) is 0 Å². The minimum absolute atomic E-state index is 0.0128. The summed E-state index contributed by atoms with van der Waals surface area (Å²) in [6, 6.07) is 15.7. The third kappa shape index (κ3) is 4.18. The fourth-order valence-corrected chi connectivity index (χ4v) is 3.36. The average molecular weight is 406 g/mol. The molecule has 1 amide bonds. The zero-order valence-corrected chi connectivity index (χ0v) is 17.1. The molecule has 2 N–H and O–H groups in total. The van der Waals surface area contributed by atoms with Crippen molar-refractivity contribution in [2.45, 2.75) is 20.8 Å². The molecule has 3 aromatic rings. The number of phenolic OH excluding ortho intramolecular Hbond substituents is 1. The van der Waals surface area contributed by atoms with Gasteiger partial charge in [-0.3, -0.25) is 4.79 Å². The van der Waals surface area contributed by atoms with Crippen molar-refractivity contribution >= 4 is 29.3 Å². The number of nitrogens with one attached hydrogen (secondary N) is 1. The van der Waals surface area contributed by atoms with Crippen LogP contribution in [-0.2, 0) is 4.79 Å². The van der Waals surface area contributed by atoms with Crippen molar-refractivity contribution in [2.24, 2.45) is 0 Å². The Morgan fingerprint density at radius 2 is 1.86 bits per heavy atom. The van der Waals surface area contributed by atoms with E-state index in [0.29, 0.717) is 10.7 Å². The highest BCUT2D eigenvalue weighted by Crippen LogP contribution is 2.28. The molecule has 0 fully saturated rings. The van der Waals surface area contributed by atoms with Crippen LogP contribution in [0, 0.1) is 32.1 Å². The van der Waals surface area contributed by atoms with Crippen molar-refractivity contribution in [3.63, 3.8) is 0 Å². The number of anilines is 1. The first-order chi connectivity index (χ1) is 13.8. The van der Waals surface area contributed by atoms with Gasteiger partial charge in [0.25, 0.3) is 5.91 Å². The lowest BCUT2D eigenvalue weighted by Crippen LogP contribution is -2.13. The summed E-state index contributed by atoms with van der Waals surface area (Å²) in [5, 5.41) is 22.2. The van der Waals surface area contributed by atoms with Crippen LogP contribution in [0.3, 0.4) is 0 Å². The monoisotopic (exact) mass is 405 g/mol. The summed E-state index contributed by atoms with van der Waals surface area (Å²) >= 11 is 6.27. The van der Waals surface area contributed by atoms with Crippen LogP contribution >= 0.6 is 11.6 Å². The molecular weight excluding hydrogens is 386 g/mol. The molecule has 6 heteroatoms. The second-order valence-electron chi connectivity index (χ2n) is 6.72. The molecule has 1 heterocycles. The quantitative estimate of drug-likeness (QED) is 0.351. The SMILES string of the molecule is Cc1c(Cl)cccc1-n1c(C)cc(C=C(C#N)C(=O)Nc2ccc(O)cc2)c1C. The molecule has 1 aromatic heterocycles. The van der Waals surface area contributed by atoms with E-state index < -0.39 is 5.91 Å². The number of aromatic hydroxyl groups is 1.